The van der Waals surface area contributed by atoms with Gasteiger partial charge in [-0.25, -0.2) is 14.8 Å². The second-order valence-corrected chi connectivity index (χ2v) is 9.89. The number of anilines is 2. The van der Waals surface area contributed by atoms with Gasteiger partial charge in [-0.15, -0.1) is 6.42 Å². The molecule has 40 heavy (non-hydrogen) atoms. The van der Waals surface area contributed by atoms with Crippen molar-refractivity contribution in [3.05, 3.63) is 48.3 Å². The fourth-order valence-corrected chi connectivity index (χ4v) is 4.76. The largest absolute Gasteiger partial charge is 0.493 e. The first-order chi connectivity index (χ1) is 19.6. The number of terminal acetylenes is 1. The van der Waals surface area contributed by atoms with Crippen LogP contribution in [0.15, 0.2) is 42.7 Å². The van der Waals surface area contributed by atoms with Crippen LogP contribution in [0.25, 0.3) is 10.9 Å². The summed E-state index contributed by atoms with van der Waals surface area (Å²) in [6.45, 7) is 0.494. The molecule has 9 heteroatoms. The van der Waals surface area contributed by atoms with E-state index in [2.05, 4.69) is 26.7 Å². The summed E-state index contributed by atoms with van der Waals surface area (Å²) in [6.07, 6.45) is 15.6. The van der Waals surface area contributed by atoms with Crippen LogP contribution in [-0.2, 0) is 14.4 Å². The molecule has 0 aliphatic heterocycles. The SMILES string of the molecule is C#Cc1cccc(Nc2ncnc3cc(OC)c(OCCCCCCC(=O)NOC(=O)C4CCCCC4)cc23)c1. The highest BCUT2D eigenvalue weighted by atomic mass is 16.7. The van der Waals surface area contributed by atoms with Crippen LogP contribution in [0, 0.1) is 18.3 Å². The van der Waals surface area contributed by atoms with Gasteiger partial charge in [-0.2, -0.15) is 5.48 Å². The van der Waals surface area contributed by atoms with E-state index in [9.17, 15) is 9.59 Å². The number of rotatable bonds is 12. The summed E-state index contributed by atoms with van der Waals surface area (Å²) in [6, 6.07) is 11.3. The first-order valence-electron chi connectivity index (χ1n) is 13.9. The molecule has 3 aromatic rings. The number of aromatic nitrogens is 2. The summed E-state index contributed by atoms with van der Waals surface area (Å²) in [5, 5.41) is 4.11. The maximum Gasteiger partial charge on any atom is 0.335 e. The normalized spacial score (nSPS) is 13.3. The topological polar surface area (TPSA) is 112 Å². The van der Waals surface area contributed by atoms with E-state index in [1.165, 1.54) is 6.33 Å². The summed E-state index contributed by atoms with van der Waals surface area (Å²) in [5.41, 5.74) is 4.62. The number of hydrogen-bond donors (Lipinski definition) is 2. The summed E-state index contributed by atoms with van der Waals surface area (Å²) < 4.78 is 11.6. The van der Waals surface area contributed by atoms with Crippen molar-refractivity contribution < 1.29 is 23.9 Å². The van der Waals surface area contributed by atoms with Crippen LogP contribution in [0.2, 0.25) is 0 Å². The lowest BCUT2D eigenvalue weighted by Crippen LogP contribution is -2.31. The third-order valence-corrected chi connectivity index (χ3v) is 6.97. The molecule has 4 rings (SSSR count). The maximum atomic E-state index is 12.0. The number of fused-ring (bicyclic) bond motifs is 1. The van der Waals surface area contributed by atoms with E-state index in [0.29, 0.717) is 36.8 Å². The first-order valence-corrected chi connectivity index (χ1v) is 13.9. The molecule has 210 valence electrons. The zero-order valence-electron chi connectivity index (χ0n) is 22.9. The number of nitrogens with zero attached hydrogens (tertiary/aromatic N) is 2. The molecule has 1 heterocycles. The van der Waals surface area contributed by atoms with Crippen molar-refractivity contribution in [1.82, 2.24) is 15.4 Å². The van der Waals surface area contributed by atoms with Crippen molar-refractivity contribution in [2.75, 3.05) is 19.0 Å². The number of hydrogen-bond acceptors (Lipinski definition) is 8. The van der Waals surface area contributed by atoms with E-state index in [0.717, 1.165) is 73.5 Å². The molecule has 0 radical (unpaired) electrons. The summed E-state index contributed by atoms with van der Waals surface area (Å²) in [5.74, 6) is 3.79. The third-order valence-electron chi connectivity index (χ3n) is 6.97. The fourth-order valence-electron chi connectivity index (χ4n) is 4.76. The minimum absolute atomic E-state index is 0.0865. The molecule has 1 aliphatic rings. The quantitative estimate of drug-likeness (QED) is 0.166. The molecule has 1 aromatic heterocycles. The molecule has 2 aromatic carbocycles. The molecule has 0 bridgehead atoms. The van der Waals surface area contributed by atoms with Crippen molar-refractivity contribution in [3.8, 4) is 23.8 Å². The molecular weight excluding hydrogens is 508 g/mol. The van der Waals surface area contributed by atoms with Crippen molar-refractivity contribution >= 4 is 34.3 Å². The second-order valence-electron chi connectivity index (χ2n) is 9.89. The predicted octanol–water partition coefficient (Wildman–Crippen LogP) is 5.85. The van der Waals surface area contributed by atoms with Crippen molar-refractivity contribution in [2.45, 2.75) is 64.2 Å². The van der Waals surface area contributed by atoms with Gasteiger partial charge in [-0.3, -0.25) is 4.79 Å². The van der Waals surface area contributed by atoms with Gasteiger partial charge in [0.2, 0.25) is 0 Å². The van der Waals surface area contributed by atoms with E-state index >= 15 is 0 Å². The first kappa shape index (κ1) is 28.7. The Balaban J connectivity index is 1.22. The molecule has 0 unspecified atom stereocenters. The van der Waals surface area contributed by atoms with Gasteiger partial charge in [0.05, 0.1) is 25.2 Å². The Morgan fingerprint density at radius 1 is 1.02 bits per heavy atom. The minimum Gasteiger partial charge on any atom is -0.493 e. The lowest BCUT2D eigenvalue weighted by Gasteiger charge is -2.19. The fraction of sp³-hybridized carbons (Fsp3) is 0.419. The Labute approximate surface area is 235 Å². The van der Waals surface area contributed by atoms with Crippen molar-refractivity contribution in [1.29, 1.82) is 0 Å². The predicted molar refractivity (Wildman–Crippen MR) is 153 cm³/mol. The number of unbranched alkanes of at least 4 members (excludes halogenated alkanes) is 3. The minimum atomic E-state index is -0.318. The monoisotopic (exact) mass is 544 g/mol. The highest BCUT2D eigenvalue weighted by molar-refractivity contribution is 5.93. The Morgan fingerprint density at radius 2 is 1.85 bits per heavy atom. The van der Waals surface area contributed by atoms with Gasteiger partial charge in [0.25, 0.3) is 5.91 Å². The standard InChI is InChI=1S/C31H36N4O5/c1-3-22-12-11-15-24(18-22)34-30-25-19-28(27(38-2)20-26(25)32-21-33-30)39-17-10-5-4-9-16-29(36)35-40-31(37)23-13-7-6-8-14-23/h1,11-12,15,18-21,23H,4-10,13-14,16-17H2,2H3,(H,35,36)(H,32,33,34). The lowest BCUT2D eigenvalue weighted by atomic mass is 9.89. The zero-order valence-corrected chi connectivity index (χ0v) is 22.9. The second kappa shape index (κ2) is 14.7. The molecule has 1 amide bonds. The van der Waals surface area contributed by atoms with Crippen LogP contribution in [-0.4, -0.2) is 35.6 Å². The average Bonchev–Trinajstić information content (AvgIpc) is 2.99. The molecule has 0 spiro atoms. The molecule has 1 aliphatic carbocycles. The van der Waals surface area contributed by atoms with Crippen LogP contribution in [0.5, 0.6) is 11.5 Å². The van der Waals surface area contributed by atoms with E-state index in [4.69, 9.17) is 20.7 Å². The number of amides is 1. The van der Waals surface area contributed by atoms with Crippen LogP contribution in [0.3, 0.4) is 0 Å². The number of nitrogens with one attached hydrogen (secondary N) is 2. The summed E-state index contributed by atoms with van der Waals surface area (Å²) in [7, 11) is 1.59. The molecule has 1 fully saturated rings. The van der Waals surface area contributed by atoms with E-state index in [1.807, 2.05) is 36.4 Å². The average molecular weight is 545 g/mol. The number of ether oxygens (including phenoxy) is 2. The zero-order chi connectivity index (χ0) is 28.2. The number of hydroxylamine groups is 1. The van der Waals surface area contributed by atoms with Crippen molar-refractivity contribution in [3.63, 3.8) is 0 Å². The van der Waals surface area contributed by atoms with Gasteiger partial charge in [0.1, 0.15) is 12.1 Å². The Bertz CT molecular complexity index is 1350. The molecule has 2 N–H and O–H groups in total. The Hall–Kier alpha value is -4.32. The van der Waals surface area contributed by atoms with Gasteiger partial charge in [-0.05, 0) is 49.9 Å². The lowest BCUT2D eigenvalue weighted by molar-refractivity contribution is -0.163. The van der Waals surface area contributed by atoms with E-state index < -0.39 is 0 Å². The Kier molecular flexibility index (Phi) is 10.6. The van der Waals surface area contributed by atoms with Crippen molar-refractivity contribution in [2.24, 2.45) is 5.92 Å². The van der Waals surface area contributed by atoms with Gasteiger partial charge in [-0.1, -0.05) is 44.1 Å². The van der Waals surface area contributed by atoms with Gasteiger partial charge >= 0.3 is 5.97 Å². The molecule has 1 saturated carbocycles. The Morgan fingerprint density at radius 3 is 2.65 bits per heavy atom. The number of benzene rings is 2. The summed E-state index contributed by atoms with van der Waals surface area (Å²) >= 11 is 0. The van der Waals surface area contributed by atoms with Crippen LogP contribution in [0.1, 0.15) is 69.8 Å². The van der Waals surface area contributed by atoms with Crippen LogP contribution >= 0.6 is 0 Å². The number of carbonyl (C=O) groups excluding carboxylic acids is 2. The van der Waals surface area contributed by atoms with Gasteiger partial charge < -0.3 is 19.6 Å². The number of methoxy groups -OCH3 is 1. The molecule has 9 nitrogen and oxygen atoms in total. The number of carbonyl (C=O) groups is 2. The van der Waals surface area contributed by atoms with Gasteiger partial charge in [0.15, 0.2) is 11.5 Å². The maximum absolute atomic E-state index is 12.0. The summed E-state index contributed by atoms with van der Waals surface area (Å²) in [4.78, 5) is 37.8. The van der Waals surface area contributed by atoms with E-state index in [-0.39, 0.29) is 17.8 Å². The third kappa shape index (κ3) is 8.09. The smallest absolute Gasteiger partial charge is 0.335 e. The molecule has 0 atom stereocenters. The highest BCUT2D eigenvalue weighted by Gasteiger charge is 2.23. The van der Waals surface area contributed by atoms with Gasteiger partial charge in [0, 0.05) is 29.1 Å². The van der Waals surface area contributed by atoms with E-state index in [1.54, 1.807) is 7.11 Å². The molecule has 0 saturated heterocycles. The van der Waals surface area contributed by atoms with Crippen LogP contribution in [0.4, 0.5) is 11.5 Å². The highest BCUT2D eigenvalue weighted by Crippen LogP contribution is 2.35. The van der Waals surface area contributed by atoms with Crippen LogP contribution < -0.4 is 20.3 Å². The molecular formula is C31H36N4O5.